The van der Waals surface area contributed by atoms with Gasteiger partial charge in [-0.1, -0.05) is 19.9 Å². The van der Waals surface area contributed by atoms with E-state index in [9.17, 15) is 0 Å². The maximum atomic E-state index is 8.12. The number of pyridine rings is 1. The molecule has 0 aliphatic carbocycles. The van der Waals surface area contributed by atoms with E-state index in [0.717, 1.165) is 0 Å². The van der Waals surface area contributed by atoms with E-state index in [1.54, 1.807) is 6.20 Å². The summed E-state index contributed by atoms with van der Waals surface area (Å²) < 4.78 is 0. The lowest BCUT2D eigenvalue weighted by atomic mass is 10.1. The van der Waals surface area contributed by atoms with Crippen molar-refractivity contribution in [3.8, 4) is 0 Å². The van der Waals surface area contributed by atoms with Gasteiger partial charge in [-0.15, -0.1) is 0 Å². The SMILES string of the molecule is CC(C)c1cccnc1.O=C=O. The van der Waals surface area contributed by atoms with Crippen molar-refractivity contribution in [1.29, 1.82) is 0 Å². The summed E-state index contributed by atoms with van der Waals surface area (Å²) in [5, 5.41) is 0. The zero-order chi connectivity index (χ0) is 9.40. The first-order valence-electron chi connectivity index (χ1n) is 3.61. The van der Waals surface area contributed by atoms with E-state index in [0.29, 0.717) is 5.92 Å². The third-order valence-corrected chi connectivity index (χ3v) is 1.35. The summed E-state index contributed by atoms with van der Waals surface area (Å²) >= 11 is 0. The molecule has 0 N–H and O–H groups in total. The van der Waals surface area contributed by atoms with E-state index in [2.05, 4.69) is 24.9 Å². The van der Waals surface area contributed by atoms with Crippen LogP contribution in [0.25, 0.3) is 0 Å². The molecule has 0 atom stereocenters. The van der Waals surface area contributed by atoms with Gasteiger partial charge in [-0.3, -0.25) is 4.98 Å². The van der Waals surface area contributed by atoms with Gasteiger partial charge in [-0.25, -0.2) is 0 Å². The van der Waals surface area contributed by atoms with Crippen LogP contribution in [0.2, 0.25) is 0 Å². The Morgan fingerprint density at radius 1 is 1.42 bits per heavy atom. The highest BCUT2D eigenvalue weighted by Crippen LogP contribution is 2.10. The molecule has 0 aromatic carbocycles. The van der Waals surface area contributed by atoms with Crippen LogP contribution in [0.3, 0.4) is 0 Å². The second kappa shape index (κ2) is 6.25. The van der Waals surface area contributed by atoms with Crippen molar-refractivity contribution < 1.29 is 9.59 Å². The zero-order valence-electron chi connectivity index (χ0n) is 7.15. The topological polar surface area (TPSA) is 47.0 Å². The third-order valence-electron chi connectivity index (χ3n) is 1.35. The number of aromatic nitrogens is 1. The first-order chi connectivity index (χ1) is 5.72. The Morgan fingerprint density at radius 2 is 2.00 bits per heavy atom. The van der Waals surface area contributed by atoms with Crippen LogP contribution in [0, 0.1) is 0 Å². The Labute approximate surface area is 71.4 Å². The quantitative estimate of drug-likeness (QED) is 0.635. The van der Waals surface area contributed by atoms with Crippen molar-refractivity contribution in [2.75, 3.05) is 0 Å². The highest BCUT2D eigenvalue weighted by Gasteiger charge is 1.94. The molecule has 1 heterocycles. The van der Waals surface area contributed by atoms with Gasteiger partial charge in [-0.05, 0) is 17.5 Å². The predicted molar refractivity (Wildman–Crippen MR) is 43.3 cm³/mol. The Bertz CT molecular complexity index is 238. The summed E-state index contributed by atoms with van der Waals surface area (Å²) in [6.45, 7) is 4.33. The minimum atomic E-state index is 0.250. The normalized spacial score (nSPS) is 8.25. The number of carbonyl (C=O) groups excluding carboxylic acids is 2. The van der Waals surface area contributed by atoms with Crippen LogP contribution in [-0.4, -0.2) is 11.1 Å². The average molecular weight is 165 g/mol. The number of hydrogen-bond donors (Lipinski definition) is 0. The van der Waals surface area contributed by atoms with Crippen molar-refractivity contribution in [2.45, 2.75) is 19.8 Å². The van der Waals surface area contributed by atoms with Gasteiger partial charge in [0.1, 0.15) is 0 Å². The van der Waals surface area contributed by atoms with Crippen molar-refractivity contribution in [2.24, 2.45) is 0 Å². The molecule has 1 rings (SSSR count). The molecule has 0 unspecified atom stereocenters. The van der Waals surface area contributed by atoms with E-state index >= 15 is 0 Å². The lowest BCUT2D eigenvalue weighted by Crippen LogP contribution is -1.85. The average Bonchev–Trinajstić information content (AvgIpc) is 2.07. The Hall–Kier alpha value is -1.47. The van der Waals surface area contributed by atoms with Crippen LogP contribution in [0.15, 0.2) is 24.5 Å². The van der Waals surface area contributed by atoms with Crippen molar-refractivity contribution in [3.63, 3.8) is 0 Å². The fourth-order valence-electron chi connectivity index (χ4n) is 0.717. The molecule has 64 valence electrons. The van der Waals surface area contributed by atoms with Crippen LogP contribution >= 0.6 is 0 Å². The Balaban J connectivity index is 0.000000354. The van der Waals surface area contributed by atoms with E-state index in [4.69, 9.17) is 9.59 Å². The summed E-state index contributed by atoms with van der Waals surface area (Å²) in [6.07, 6.45) is 3.95. The van der Waals surface area contributed by atoms with E-state index in [1.807, 2.05) is 12.3 Å². The molecule has 0 aliphatic rings. The largest absolute Gasteiger partial charge is 0.373 e. The summed E-state index contributed by atoms with van der Waals surface area (Å²) in [5.41, 5.74) is 1.30. The molecule has 3 heteroatoms. The maximum absolute atomic E-state index is 8.12. The molecular formula is C9H11NO2. The fraction of sp³-hybridized carbons (Fsp3) is 0.333. The second-order valence-electron chi connectivity index (χ2n) is 2.52. The molecule has 1 aromatic heterocycles. The molecule has 3 nitrogen and oxygen atoms in total. The van der Waals surface area contributed by atoms with Gasteiger partial charge in [-0.2, -0.15) is 9.59 Å². The summed E-state index contributed by atoms with van der Waals surface area (Å²) in [4.78, 5) is 20.3. The minimum Gasteiger partial charge on any atom is -0.264 e. The molecule has 0 radical (unpaired) electrons. The monoisotopic (exact) mass is 165 g/mol. The van der Waals surface area contributed by atoms with Crippen LogP contribution in [0.5, 0.6) is 0 Å². The van der Waals surface area contributed by atoms with Gasteiger partial charge < -0.3 is 0 Å². The molecule has 0 amide bonds. The Morgan fingerprint density at radius 3 is 2.25 bits per heavy atom. The van der Waals surface area contributed by atoms with Gasteiger partial charge in [0.25, 0.3) is 0 Å². The standard InChI is InChI=1S/C8H11N.CO2/c1-7(2)8-4-3-5-9-6-8;2-1-3/h3-7H,1-2H3;. The molecule has 0 saturated carbocycles. The predicted octanol–water partition coefficient (Wildman–Crippen LogP) is 1.62. The van der Waals surface area contributed by atoms with Gasteiger partial charge in [0.05, 0.1) is 0 Å². The first kappa shape index (κ1) is 10.5. The van der Waals surface area contributed by atoms with Gasteiger partial charge in [0.15, 0.2) is 0 Å². The molecular weight excluding hydrogens is 154 g/mol. The van der Waals surface area contributed by atoms with Crippen LogP contribution in [0.4, 0.5) is 0 Å². The van der Waals surface area contributed by atoms with Crippen LogP contribution in [0.1, 0.15) is 25.3 Å². The zero-order valence-corrected chi connectivity index (χ0v) is 7.15. The number of nitrogens with zero attached hydrogens (tertiary/aromatic N) is 1. The highest BCUT2D eigenvalue weighted by atomic mass is 16.2. The Kier molecular flexibility index (Phi) is 5.49. The van der Waals surface area contributed by atoms with Gasteiger partial charge in [0, 0.05) is 12.4 Å². The van der Waals surface area contributed by atoms with E-state index < -0.39 is 0 Å². The second-order valence-corrected chi connectivity index (χ2v) is 2.52. The van der Waals surface area contributed by atoms with Gasteiger partial charge in [0.2, 0.25) is 0 Å². The molecule has 0 fully saturated rings. The highest BCUT2D eigenvalue weighted by molar-refractivity contribution is 5.20. The molecule has 12 heavy (non-hydrogen) atoms. The van der Waals surface area contributed by atoms with Crippen molar-refractivity contribution in [3.05, 3.63) is 30.1 Å². The fourth-order valence-corrected chi connectivity index (χ4v) is 0.717. The van der Waals surface area contributed by atoms with E-state index in [1.165, 1.54) is 5.56 Å². The summed E-state index contributed by atoms with van der Waals surface area (Å²) in [5.74, 6) is 0.596. The third kappa shape index (κ3) is 4.36. The lowest BCUT2D eigenvalue weighted by Gasteiger charge is -2.00. The molecule has 0 spiro atoms. The number of rotatable bonds is 1. The molecule has 0 aliphatic heterocycles. The van der Waals surface area contributed by atoms with Crippen LogP contribution < -0.4 is 0 Å². The summed E-state index contributed by atoms with van der Waals surface area (Å²) in [6, 6.07) is 4.06. The molecule has 0 bridgehead atoms. The van der Waals surface area contributed by atoms with Crippen molar-refractivity contribution >= 4 is 6.15 Å². The van der Waals surface area contributed by atoms with Crippen LogP contribution in [-0.2, 0) is 9.59 Å². The smallest absolute Gasteiger partial charge is 0.264 e. The number of hydrogen-bond acceptors (Lipinski definition) is 3. The lowest BCUT2D eigenvalue weighted by molar-refractivity contribution is -0.191. The maximum Gasteiger partial charge on any atom is 0.373 e. The van der Waals surface area contributed by atoms with Crippen molar-refractivity contribution in [1.82, 2.24) is 4.98 Å². The molecule has 1 aromatic rings. The molecule has 0 saturated heterocycles. The minimum absolute atomic E-state index is 0.250. The first-order valence-corrected chi connectivity index (χ1v) is 3.61. The summed E-state index contributed by atoms with van der Waals surface area (Å²) in [7, 11) is 0. The van der Waals surface area contributed by atoms with E-state index in [-0.39, 0.29) is 6.15 Å². The van der Waals surface area contributed by atoms with Gasteiger partial charge >= 0.3 is 6.15 Å².